The summed E-state index contributed by atoms with van der Waals surface area (Å²) < 4.78 is 82.2. The first kappa shape index (κ1) is 62.2. The molecule has 2 aliphatic heterocycles. The van der Waals surface area contributed by atoms with Gasteiger partial charge in [0.15, 0.2) is 0 Å². The van der Waals surface area contributed by atoms with Gasteiger partial charge in [-0.1, -0.05) is 112 Å². The van der Waals surface area contributed by atoms with Crippen molar-refractivity contribution in [1.82, 2.24) is 20.9 Å². The summed E-state index contributed by atoms with van der Waals surface area (Å²) in [6.45, 7) is 7.18. The van der Waals surface area contributed by atoms with Crippen molar-refractivity contribution < 1.29 is 75.1 Å². The molecule has 0 spiro atoms. The van der Waals surface area contributed by atoms with Crippen LogP contribution >= 0.6 is 17.0 Å². The summed E-state index contributed by atoms with van der Waals surface area (Å²) in [7, 11) is 0. The van der Waals surface area contributed by atoms with Crippen LogP contribution in [0.3, 0.4) is 0 Å². The Hall–Kier alpha value is -7.39. The Morgan fingerprint density at radius 3 is 1.36 bits per heavy atom. The first-order chi connectivity index (χ1) is 35.2. The maximum Gasteiger partial charge on any atom is 0.407 e. The highest BCUT2D eigenvalue weighted by Crippen LogP contribution is 2.46. The minimum Gasteiger partial charge on any atom is -0.480 e. The summed E-state index contributed by atoms with van der Waals surface area (Å²) in [5.41, 5.74) is 6.53. The van der Waals surface area contributed by atoms with Gasteiger partial charge in [0.25, 0.3) is 0 Å². The molecular formula is C56H62BrF5N4O11. The zero-order valence-corrected chi connectivity index (χ0v) is 42.7. The van der Waals surface area contributed by atoms with Gasteiger partial charge in [0.05, 0.1) is 0 Å². The quantitative estimate of drug-likeness (QED) is 0.0275. The van der Waals surface area contributed by atoms with E-state index in [0.717, 1.165) is 70.8 Å². The number of alkyl carbamates (subject to hydrolysis) is 2. The third-order valence-corrected chi connectivity index (χ3v) is 13.7. The van der Waals surface area contributed by atoms with E-state index in [9.17, 15) is 55.8 Å². The summed E-state index contributed by atoms with van der Waals surface area (Å²) in [5.74, 6) is -17.3. The van der Waals surface area contributed by atoms with Crippen molar-refractivity contribution >= 4 is 53.0 Å². The molecule has 5 aromatic rings. The molecular weight excluding hydrogens is 1080 g/mol. The molecule has 0 radical (unpaired) electrons. The summed E-state index contributed by atoms with van der Waals surface area (Å²) in [6.07, 6.45) is 1.01. The Balaban J connectivity index is 0.000000277. The molecule has 2 saturated heterocycles. The smallest absolute Gasteiger partial charge is 0.407 e. The molecule has 5 aromatic carbocycles. The van der Waals surface area contributed by atoms with E-state index in [-0.39, 0.29) is 56.9 Å². The van der Waals surface area contributed by atoms with E-state index in [1.165, 1.54) is 4.90 Å². The number of fused-ring (bicyclic) bond motifs is 6. The first-order valence-corrected chi connectivity index (χ1v) is 23.7. The lowest BCUT2D eigenvalue weighted by atomic mass is 9.98. The molecule has 0 unspecified atom stereocenters. The fourth-order valence-electron chi connectivity index (χ4n) is 9.47. The van der Waals surface area contributed by atoms with Crippen molar-refractivity contribution in [3.8, 4) is 28.0 Å². The lowest BCUT2D eigenvalue weighted by molar-refractivity contribution is -0.155. The molecule has 3 amide bonds. The molecule has 15 nitrogen and oxygen atoms in total. The highest BCUT2D eigenvalue weighted by atomic mass is 79.9. The Labute approximate surface area is 453 Å². The standard InChI is InChI=1S/C24H16F5NO4.C24H26N2O5.C6H11NO2.2CH4.BrH/c1-11(23(31)34-22-20(28)18(26)17(25)19(27)21(22)29)30-24(32)33-10-16-14-8-4-2-6-12(14)13-7-3-5-9-15(13)16;1-15(21(27)26-13-7-12-24(26,2)22(28)29)25-23(30)31-14-20-18-10-5-3-8-16(18)17-9-4-6-11-19(17)20;1-6(5(8)9)3-2-4-7-6;;;/h2-9,11,16H,10H2,1H3,(H,30,32);3-6,8-11,15,20H,7,12-14H2,1-2H3,(H,25,30)(H,28,29);7H,2-4H2,1H3,(H,8,9);2*1H4;1H/t11-;15-,24+;6-;;;/m001.../s1. The SMILES string of the molecule is Br.C.C.C[C@H](NC(=O)OCC1c2ccccc2-c2ccccc21)C(=O)N1CCC[C@]1(C)C(=O)O.C[C@H](NC(=O)OCC1c2ccccc2-c2ccccc21)C(=O)Oc1c(F)c(F)c(F)c(F)c1F.C[C@]1(C(=O)O)CCCN1. The monoisotopic (exact) mass is 1140 g/mol. The summed E-state index contributed by atoms with van der Waals surface area (Å²) in [4.78, 5) is 72.9. The van der Waals surface area contributed by atoms with E-state index in [2.05, 4.69) is 32.8 Å². The number of carboxylic acid groups (broad SMARTS) is 2. The minimum atomic E-state index is -2.39. The molecule has 5 N–H and O–H groups in total. The van der Waals surface area contributed by atoms with Crippen LogP contribution in [-0.4, -0.2) is 101 Å². The molecule has 4 aliphatic rings. The second-order valence-corrected chi connectivity index (χ2v) is 18.5. The number of amides is 3. The fourth-order valence-corrected chi connectivity index (χ4v) is 9.47. The van der Waals surface area contributed by atoms with Gasteiger partial charge in [-0.15, -0.1) is 17.0 Å². The summed E-state index contributed by atoms with van der Waals surface area (Å²) >= 11 is 0. The molecule has 0 bridgehead atoms. The Kier molecular flexibility index (Phi) is 21.1. The van der Waals surface area contributed by atoms with Crippen LogP contribution in [0.5, 0.6) is 5.75 Å². The number of halogens is 6. The van der Waals surface area contributed by atoms with Crippen LogP contribution in [0.4, 0.5) is 31.5 Å². The number of carboxylic acids is 2. The minimum absolute atomic E-state index is 0. The van der Waals surface area contributed by atoms with Crippen molar-refractivity contribution in [1.29, 1.82) is 0 Å². The number of esters is 1. The Morgan fingerprint density at radius 2 is 1.00 bits per heavy atom. The van der Waals surface area contributed by atoms with Gasteiger partial charge in [-0.3, -0.25) is 9.59 Å². The highest BCUT2D eigenvalue weighted by molar-refractivity contribution is 8.93. The maximum absolute atomic E-state index is 13.7. The number of aliphatic carboxylic acids is 2. The first-order valence-electron chi connectivity index (χ1n) is 23.7. The predicted octanol–water partition coefficient (Wildman–Crippen LogP) is 10.7. The second-order valence-electron chi connectivity index (χ2n) is 18.5. The molecule has 414 valence electrons. The normalized spacial score (nSPS) is 18.2. The maximum atomic E-state index is 13.7. The van der Waals surface area contributed by atoms with Crippen LogP contribution in [0, 0.1) is 29.1 Å². The van der Waals surface area contributed by atoms with E-state index >= 15 is 0 Å². The Bertz CT molecular complexity index is 2880. The van der Waals surface area contributed by atoms with Crippen LogP contribution in [0.25, 0.3) is 22.3 Å². The van der Waals surface area contributed by atoms with Crippen LogP contribution in [0.1, 0.15) is 102 Å². The van der Waals surface area contributed by atoms with Crippen LogP contribution < -0.4 is 20.7 Å². The summed E-state index contributed by atoms with van der Waals surface area (Å²) in [5, 5.41) is 25.7. The van der Waals surface area contributed by atoms with Crippen molar-refractivity contribution in [2.24, 2.45) is 0 Å². The average molecular weight is 1140 g/mol. The van der Waals surface area contributed by atoms with Crippen molar-refractivity contribution in [3.05, 3.63) is 148 Å². The zero-order valence-electron chi connectivity index (χ0n) is 41.0. The molecule has 21 heteroatoms. The zero-order chi connectivity index (χ0) is 53.6. The van der Waals surface area contributed by atoms with E-state index in [0.29, 0.717) is 19.4 Å². The third kappa shape index (κ3) is 13.1. The molecule has 2 fully saturated rings. The largest absolute Gasteiger partial charge is 0.480 e. The predicted molar refractivity (Wildman–Crippen MR) is 281 cm³/mol. The lowest BCUT2D eigenvalue weighted by Gasteiger charge is -2.33. The number of hydrogen-bond acceptors (Lipinski definition) is 10. The van der Waals surface area contributed by atoms with Crippen LogP contribution in [0.15, 0.2) is 97.1 Å². The molecule has 2 aliphatic carbocycles. The molecule has 0 saturated carbocycles. The van der Waals surface area contributed by atoms with Gasteiger partial charge in [0.1, 0.15) is 36.4 Å². The van der Waals surface area contributed by atoms with E-state index in [4.69, 9.17) is 14.6 Å². The topological polar surface area (TPSA) is 210 Å². The molecule has 4 atom stereocenters. The number of hydrogen-bond donors (Lipinski definition) is 5. The van der Waals surface area contributed by atoms with Gasteiger partial charge in [0.2, 0.25) is 40.7 Å². The van der Waals surface area contributed by atoms with Gasteiger partial charge in [-0.05, 0) is 104 Å². The second kappa shape index (κ2) is 26.1. The molecule has 2 heterocycles. The van der Waals surface area contributed by atoms with Crippen molar-refractivity contribution in [3.63, 3.8) is 0 Å². The van der Waals surface area contributed by atoms with E-state index in [1.807, 2.05) is 84.9 Å². The van der Waals surface area contributed by atoms with Crippen molar-refractivity contribution in [2.75, 3.05) is 26.3 Å². The lowest BCUT2D eigenvalue weighted by Crippen LogP contribution is -2.56. The number of carbonyl (C=O) groups excluding carboxylic acids is 4. The van der Waals surface area contributed by atoms with Gasteiger partial charge < -0.3 is 45.3 Å². The number of ether oxygens (including phenoxy) is 3. The number of rotatable bonds is 11. The average Bonchev–Trinajstić information content (AvgIpc) is 4.18. The van der Waals surface area contributed by atoms with Gasteiger partial charge in [0, 0.05) is 18.4 Å². The van der Waals surface area contributed by atoms with E-state index in [1.54, 1.807) is 20.8 Å². The number of carbonyl (C=O) groups is 6. The number of likely N-dealkylation sites (tertiary alicyclic amines) is 1. The fraction of sp³-hybridized carbons (Fsp3) is 0.357. The Morgan fingerprint density at radius 1 is 0.610 bits per heavy atom. The van der Waals surface area contributed by atoms with Gasteiger partial charge in [-0.25, -0.2) is 32.3 Å². The van der Waals surface area contributed by atoms with E-state index < -0.39 is 94.0 Å². The number of nitrogens with zero attached hydrogens (tertiary/aromatic N) is 1. The van der Waals surface area contributed by atoms with Crippen LogP contribution in [-0.2, 0) is 28.7 Å². The number of benzene rings is 5. The number of nitrogens with one attached hydrogen (secondary N) is 3. The molecule has 9 rings (SSSR count). The highest BCUT2D eigenvalue weighted by Gasteiger charge is 2.47. The summed E-state index contributed by atoms with van der Waals surface area (Å²) in [6, 6.07) is 28.9. The molecule has 77 heavy (non-hydrogen) atoms. The van der Waals surface area contributed by atoms with Gasteiger partial charge >= 0.3 is 30.1 Å². The van der Waals surface area contributed by atoms with Crippen molar-refractivity contribution in [2.45, 2.75) is 103 Å². The van der Waals surface area contributed by atoms with Crippen LogP contribution in [0.2, 0.25) is 0 Å². The third-order valence-electron chi connectivity index (χ3n) is 13.7. The van der Waals surface area contributed by atoms with Gasteiger partial charge in [-0.2, -0.15) is 8.78 Å². The molecule has 0 aromatic heterocycles.